The van der Waals surface area contributed by atoms with E-state index in [1.165, 1.54) is 9.80 Å². The predicted octanol–water partition coefficient (Wildman–Crippen LogP) is 18.7. The zero-order valence-electron chi connectivity index (χ0n) is 56.8. The molecule has 0 N–H and O–H groups in total. The summed E-state index contributed by atoms with van der Waals surface area (Å²) in [5, 5.41) is 12.8. The van der Waals surface area contributed by atoms with Crippen LogP contribution in [-0.2, 0) is 9.47 Å². The molecule has 14 heteroatoms. The van der Waals surface area contributed by atoms with Crippen molar-refractivity contribution in [2.24, 2.45) is 0 Å². The number of benzene rings is 10. The van der Waals surface area contributed by atoms with Crippen LogP contribution in [0.2, 0.25) is 0 Å². The van der Waals surface area contributed by atoms with Gasteiger partial charge in [-0.05, 0) is 158 Å². The average molecular weight is 1300 g/mol. The van der Waals surface area contributed by atoms with E-state index in [0.29, 0.717) is 98.5 Å². The smallest absolute Gasteiger partial charge is 0.261 e. The number of carbonyl (C=O) groups excluding carboxylic acids is 8. The lowest BCUT2D eigenvalue weighted by molar-refractivity contribution is 0.0328. The fraction of sp³-hybridized carbons (Fsp3) is 0.422. The number of nitrogens with zero attached hydrogens (tertiary/aromatic N) is 4. The van der Waals surface area contributed by atoms with E-state index in [4.69, 9.17) is 9.47 Å². The van der Waals surface area contributed by atoms with Gasteiger partial charge in [-0.2, -0.15) is 0 Å². The fourth-order valence-corrected chi connectivity index (χ4v) is 16.9. The minimum absolute atomic E-state index is 0.0546. The van der Waals surface area contributed by atoms with Gasteiger partial charge < -0.3 is 9.47 Å². The first-order chi connectivity index (χ1) is 47.4. The number of ether oxygens (including phenoxy) is 2. The first-order valence-electron chi connectivity index (χ1n) is 36.5. The van der Waals surface area contributed by atoms with Crippen LogP contribution in [0.15, 0.2) is 97.1 Å². The van der Waals surface area contributed by atoms with Crippen LogP contribution in [0.5, 0.6) is 0 Å². The molecule has 10 aromatic rings. The fourth-order valence-electron chi connectivity index (χ4n) is 16.9. The van der Waals surface area contributed by atoms with Gasteiger partial charge in [-0.1, -0.05) is 179 Å². The highest BCUT2D eigenvalue weighted by atomic mass is 16.5. The highest BCUT2D eigenvalue weighted by Crippen LogP contribution is 2.49. The third kappa shape index (κ3) is 11.3. The van der Waals surface area contributed by atoms with Crippen molar-refractivity contribution in [3.63, 3.8) is 0 Å². The van der Waals surface area contributed by atoms with Crippen LogP contribution in [0, 0.1) is 0 Å². The summed E-state index contributed by atoms with van der Waals surface area (Å²) in [4.78, 5) is 122. The molecule has 0 atom stereocenters. The molecule has 0 unspecified atom stereocenters. The van der Waals surface area contributed by atoms with Crippen molar-refractivity contribution >= 4 is 133 Å². The Hall–Kier alpha value is -8.72. The summed E-state index contributed by atoms with van der Waals surface area (Å²) in [7, 11) is 0. The second-order valence-corrected chi connectivity index (χ2v) is 27.8. The lowest BCUT2D eigenvalue weighted by Crippen LogP contribution is -2.47. The van der Waals surface area contributed by atoms with Gasteiger partial charge in [0.2, 0.25) is 0 Å². The topological polar surface area (TPSA) is 168 Å². The molecular formula is C83H88N4O10. The predicted molar refractivity (Wildman–Crippen MR) is 385 cm³/mol. The molecule has 4 heterocycles. The van der Waals surface area contributed by atoms with E-state index in [0.717, 1.165) is 193 Å². The molecule has 0 saturated heterocycles. The summed E-state index contributed by atoms with van der Waals surface area (Å²) in [6.45, 7) is 10.2. The summed E-state index contributed by atoms with van der Waals surface area (Å²) in [6.07, 6.45) is 22.4. The Balaban J connectivity index is 0.582. The highest BCUT2D eigenvalue weighted by molar-refractivity contribution is 6.43. The monoisotopic (exact) mass is 1300 g/mol. The molecule has 4 aliphatic heterocycles. The quantitative estimate of drug-likeness (QED) is 0.0164. The molecule has 0 aliphatic carbocycles. The van der Waals surface area contributed by atoms with E-state index in [1.807, 2.05) is 84.9 Å². The maximum Gasteiger partial charge on any atom is 0.261 e. The number of fused-ring (bicyclic) bond motifs is 4. The zero-order valence-corrected chi connectivity index (χ0v) is 56.8. The van der Waals surface area contributed by atoms with Crippen molar-refractivity contribution in [2.75, 3.05) is 39.5 Å². The summed E-state index contributed by atoms with van der Waals surface area (Å²) in [5.41, 5.74) is 3.97. The SMILES string of the molecule is CCCCCCC(CCCCCC)N1C(=O)c2ccc3c4ccc5c6c(ccc(c7ccc(c2c37)C1=O)c64)C(=O)N(CCCCCOCCOCCN1C(=O)c2ccc3c4ccc6c7c(ccc(c8ccc(c2c38)C1=O)c74)C(=O)N(C(CCCCCC)CCCCCC)C6=O)C5=O. The van der Waals surface area contributed by atoms with Crippen LogP contribution in [0.3, 0.4) is 0 Å². The van der Waals surface area contributed by atoms with E-state index in [9.17, 15) is 38.4 Å². The van der Waals surface area contributed by atoms with E-state index in [2.05, 4.69) is 27.7 Å². The first-order valence-corrected chi connectivity index (χ1v) is 36.5. The normalized spacial score (nSPS) is 14.9. The summed E-state index contributed by atoms with van der Waals surface area (Å²) >= 11 is 0. The highest BCUT2D eigenvalue weighted by Gasteiger charge is 2.42. The largest absolute Gasteiger partial charge is 0.379 e. The third-order valence-corrected chi connectivity index (χ3v) is 21.8. The molecule has 0 fully saturated rings. The van der Waals surface area contributed by atoms with Crippen molar-refractivity contribution in [3.05, 3.63) is 142 Å². The van der Waals surface area contributed by atoms with E-state index >= 15 is 0 Å². The summed E-state index contributed by atoms with van der Waals surface area (Å²) < 4.78 is 11.8. The van der Waals surface area contributed by atoms with Gasteiger partial charge in [-0.25, -0.2) is 0 Å². The maximum absolute atomic E-state index is 14.6. The molecule has 14 rings (SSSR count). The second-order valence-electron chi connectivity index (χ2n) is 27.8. The number of unbranched alkanes of at least 4 members (excludes halogenated alkanes) is 14. The molecule has 4 aliphatic rings. The van der Waals surface area contributed by atoms with Crippen LogP contribution in [0.1, 0.15) is 258 Å². The van der Waals surface area contributed by atoms with Crippen LogP contribution >= 0.6 is 0 Å². The lowest BCUT2D eigenvalue weighted by Gasteiger charge is -2.35. The molecular weight excluding hydrogens is 1210 g/mol. The minimum atomic E-state index is -0.395. The van der Waals surface area contributed by atoms with E-state index in [1.54, 1.807) is 21.9 Å². The van der Waals surface area contributed by atoms with Crippen molar-refractivity contribution in [1.29, 1.82) is 0 Å². The molecule has 0 spiro atoms. The van der Waals surface area contributed by atoms with Crippen LogP contribution in [0.25, 0.3) is 86.2 Å². The standard InChI is InChI=1S/C83H88N4O10/c1-5-9-13-18-24-50(25-19-14-10-6-2)86-80(92)64-40-32-56-52-28-36-60-72-61(37-29-53(68(52)72)57-33-41-65(81(86)93)74(64)70(56)57)77(89)84(76(60)88)44-22-17-23-46-96-48-49-97-47-45-85-78(90)62-38-30-54-58-34-42-66-75-67(43-35-59(71(58)75)55-31-39-63(79(85)91)73(62)69(54)55)83(95)87(82(66)94)51(26-20-15-11-7-3)27-21-16-12-8-4/h28-43,50-51H,5-27,44-49H2,1-4H3. The van der Waals surface area contributed by atoms with Gasteiger partial charge in [0.05, 0.1) is 26.4 Å². The first kappa shape index (κ1) is 65.6. The third-order valence-electron chi connectivity index (χ3n) is 21.8. The number of amides is 8. The molecule has 97 heavy (non-hydrogen) atoms. The van der Waals surface area contributed by atoms with Crippen LogP contribution in [0.4, 0.5) is 0 Å². The van der Waals surface area contributed by atoms with Crippen molar-refractivity contribution < 1.29 is 47.8 Å². The molecule has 0 bridgehead atoms. The molecule has 0 radical (unpaired) electrons. The number of rotatable bonds is 34. The molecule has 10 aromatic carbocycles. The summed E-state index contributed by atoms with van der Waals surface area (Å²) in [6, 6.07) is 30.1. The van der Waals surface area contributed by atoms with Gasteiger partial charge in [-0.3, -0.25) is 58.0 Å². The lowest BCUT2D eigenvalue weighted by atomic mass is 9.82. The minimum Gasteiger partial charge on any atom is -0.379 e. The van der Waals surface area contributed by atoms with Crippen molar-refractivity contribution in [3.8, 4) is 0 Å². The molecule has 14 nitrogen and oxygen atoms in total. The van der Waals surface area contributed by atoms with Gasteiger partial charge in [-0.15, -0.1) is 0 Å². The Bertz CT molecular complexity index is 4250. The van der Waals surface area contributed by atoms with Gasteiger partial charge in [0.25, 0.3) is 47.3 Å². The molecule has 500 valence electrons. The average Bonchev–Trinajstić information content (AvgIpc) is 0.698. The van der Waals surface area contributed by atoms with Gasteiger partial charge in [0.15, 0.2) is 0 Å². The van der Waals surface area contributed by atoms with E-state index in [-0.39, 0.29) is 73.8 Å². The zero-order chi connectivity index (χ0) is 67.2. The van der Waals surface area contributed by atoms with Gasteiger partial charge >= 0.3 is 0 Å². The number of hydrogen-bond donors (Lipinski definition) is 0. The molecule has 0 saturated carbocycles. The Labute approximate surface area is 566 Å². The number of hydrogen-bond acceptors (Lipinski definition) is 10. The van der Waals surface area contributed by atoms with Gasteiger partial charge in [0.1, 0.15) is 0 Å². The Morgan fingerprint density at radius 1 is 0.247 bits per heavy atom. The Morgan fingerprint density at radius 2 is 0.495 bits per heavy atom. The van der Waals surface area contributed by atoms with Crippen LogP contribution < -0.4 is 0 Å². The Morgan fingerprint density at radius 3 is 0.773 bits per heavy atom. The summed E-state index contributed by atoms with van der Waals surface area (Å²) in [5.74, 6) is -2.38. The van der Waals surface area contributed by atoms with Crippen molar-refractivity contribution in [2.45, 2.75) is 187 Å². The Kier molecular flexibility index (Phi) is 18.9. The molecule has 8 amide bonds. The van der Waals surface area contributed by atoms with Crippen LogP contribution in [-0.4, -0.2) is 118 Å². The maximum atomic E-state index is 14.6. The second kappa shape index (κ2) is 28.0. The number of imide groups is 4. The molecule has 0 aromatic heterocycles. The van der Waals surface area contributed by atoms with Gasteiger partial charge in [0, 0.05) is 91.3 Å². The number of carbonyl (C=O) groups is 8. The van der Waals surface area contributed by atoms with E-state index < -0.39 is 11.8 Å². The van der Waals surface area contributed by atoms with Crippen molar-refractivity contribution in [1.82, 2.24) is 19.6 Å².